The molecule has 0 amide bonds. The lowest BCUT2D eigenvalue weighted by Gasteiger charge is -2.24. The molecule has 0 saturated heterocycles. The number of fused-ring (bicyclic) bond motifs is 1. The van der Waals surface area contributed by atoms with Gasteiger partial charge in [0.05, 0.1) is 0 Å². The predicted octanol–water partition coefficient (Wildman–Crippen LogP) is 4.23. The average molecular weight is 240 g/mol. The van der Waals surface area contributed by atoms with E-state index in [9.17, 15) is 0 Å². The molecule has 1 aliphatic carbocycles. The van der Waals surface area contributed by atoms with Gasteiger partial charge in [-0.15, -0.1) is 0 Å². The molecule has 1 aromatic heterocycles. The summed E-state index contributed by atoms with van der Waals surface area (Å²) in [5, 5.41) is 6.04. The van der Waals surface area contributed by atoms with Gasteiger partial charge in [-0.05, 0) is 29.7 Å². The Morgan fingerprint density at radius 2 is 1.94 bits per heavy atom. The van der Waals surface area contributed by atoms with Crippen molar-refractivity contribution in [3.8, 4) is 0 Å². The molecular weight excluding hydrogens is 220 g/mol. The second-order valence-corrected chi connectivity index (χ2v) is 5.75. The van der Waals surface area contributed by atoms with Gasteiger partial charge in [-0.1, -0.05) is 44.0 Å². The highest BCUT2D eigenvalue weighted by molar-refractivity contribution is 5.91. The van der Waals surface area contributed by atoms with Crippen molar-refractivity contribution in [2.45, 2.75) is 32.6 Å². The Balaban J connectivity index is 1.82. The zero-order valence-electron chi connectivity index (χ0n) is 10.9. The van der Waals surface area contributed by atoms with Crippen LogP contribution < -0.4 is 5.32 Å². The van der Waals surface area contributed by atoms with Crippen LogP contribution in [0.1, 0.15) is 32.6 Å². The maximum atomic E-state index is 4.49. The van der Waals surface area contributed by atoms with Crippen molar-refractivity contribution in [2.24, 2.45) is 5.41 Å². The molecule has 0 atom stereocenters. The zero-order valence-corrected chi connectivity index (χ0v) is 10.9. The third-order valence-electron chi connectivity index (χ3n) is 4.17. The fraction of sp³-hybridized carbons (Fsp3) is 0.438. The molecule has 3 rings (SSSR count). The lowest BCUT2D eigenvalue weighted by Crippen LogP contribution is -2.23. The average Bonchev–Trinajstić information content (AvgIpc) is 2.84. The number of aromatic nitrogens is 1. The number of hydrogen-bond donors (Lipinski definition) is 1. The summed E-state index contributed by atoms with van der Waals surface area (Å²) in [6.07, 6.45) is 7.32. The smallest absolute Gasteiger partial charge is 0.133 e. The Morgan fingerprint density at radius 3 is 2.78 bits per heavy atom. The second kappa shape index (κ2) is 4.60. The van der Waals surface area contributed by atoms with E-state index in [4.69, 9.17) is 0 Å². The first kappa shape index (κ1) is 11.5. The Hall–Kier alpha value is -1.57. The Labute approximate surface area is 108 Å². The highest BCUT2D eigenvalue weighted by atomic mass is 15.0. The first-order valence-corrected chi connectivity index (χ1v) is 6.85. The van der Waals surface area contributed by atoms with E-state index >= 15 is 0 Å². The van der Waals surface area contributed by atoms with Gasteiger partial charge in [0.2, 0.25) is 0 Å². The van der Waals surface area contributed by atoms with Crippen LogP contribution in [0.2, 0.25) is 0 Å². The summed E-state index contributed by atoms with van der Waals surface area (Å²) in [4.78, 5) is 4.49. The number of pyridine rings is 1. The monoisotopic (exact) mass is 240 g/mol. The second-order valence-electron chi connectivity index (χ2n) is 5.75. The summed E-state index contributed by atoms with van der Waals surface area (Å²) in [5.41, 5.74) is 0.457. The highest BCUT2D eigenvalue weighted by Gasteiger charge is 2.28. The van der Waals surface area contributed by atoms with Crippen molar-refractivity contribution < 1.29 is 0 Å². The summed E-state index contributed by atoms with van der Waals surface area (Å²) in [7, 11) is 0. The minimum Gasteiger partial charge on any atom is -0.369 e. The largest absolute Gasteiger partial charge is 0.369 e. The summed E-state index contributed by atoms with van der Waals surface area (Å²) in [5.74, 6) is 1.03. The van der Waals surface area contributed by atoms with Crippen molar-refractivity contribution in [1.29, 1.82) is 0 Å². The Kier molecular flexibility index (Phi) is 2.94. The normalized spacial score (nSPS) is 18.1. The molecule has 2 heteroatoms. The lowest BCUT2D eigenvalue weighted by molar-refractivity contribution is 0.362. The van der Waals surface area contributed by atoms with Crippen LogP contribution >= 0.6 is 0 Å². The zero-order chi connectivity index (χ0) is 12.4. The molecular formula is C16H20N2. The number of nitrogens with zero attached hydrogens (tertiary/aromatic N) is 1. The maximum Gasteiger partial charge on any atom is 0.133 e. The third kappa shape index (κ3) is 2.20. The van der Waals surface area contributed by atoms with Gasteiger partial charge in [-0.3, -0.25) is 0 Å². The van der Waals surface area contributed by atoms with Crippen LogP contribution in [-0.4, -0.2) is 11.5 Å². The first-order valence-electron chi connectivity index (χ1n) is 6.85. The molecule has 2 nitrogen and oxygen atoms in total. The molecule has 1 heterocycles. The van der Waals surface area contributed by atoms with Crippen molar-refractivity contribution >= 4 is 16.6 Å². The summed E-state index contributed by atoms with van der Waals surface area (Å²) in [6.45, 7) is 3.42. The molecule has 0 aliphatic heterocycles. The number of nitrogens with one attached hydrogen (secondary N) is 1. The SMILES string of the molecule is CC1(CNc2nccc3ccccc23)CCCC1. The van der Waals surface area contributed by atoms with Gasteiger partial charge in [-0.2, -0.15) is 0 Å². The van der Waals surface area contributed by atoms with Crippen molar-refractivity contribution in [3.63, 3.8) is 0 Å². The van der Waals surface area contributed by atoms with E-state index in [1.54, 1.807) is 0 Å². The number of benzene rings is 1. The Bertz CT molecular complexity index is 536. The van der Waals surface area contributed by atoms with Gasteiger partial charge >= 0.3 is 0 Å². The van der Waals surface area contributed by atoms with E-state index in [1.165, 1.54) is 36.5 Å². The standard InChI is InChI=1S/C16H20N2/c1-16(9-4-5-10-16)12-18-15-14-7-3-2-6-13(14)8-11-17-15/h2-3,6-8,11H,4-5,9-10,12H2,1H3,(H,17,18). The van der Waals surface area contributed by atoms with Crippen molar-refractivity contribution in [1.82, 2.24) is 4.98 Å². The Morgan fingerprint density at radius 1 is 1.17 bits per heavy atom. The van der Waals surface area contributed by atoms with Crippen LogP contribution in [0.4, 0.5) is 5.82 Å². The van der Waals surface area contributed by atoms with Crippen LogP contribution in [0.5, 0.6) is 0 Å². The molecule has 1 fully saturated rings. The van der Waals surface area contributed by atoms with E-state index in [-0.39, 0.29) is 0 Å². The van der Waals surface area contributed by atoms with Gasteiger partial charge < -0.3 is 5.32 Å². The van der Waals surface area contributed by atoms with Gasteiger partial charge in [0.15, 0.2) is 0 Å². The molecule has 94 valence electrons. The van der Waals surface area contributed by atoms with Crippen LogP contribution in [0.15, 0.2) is 36.5 Å². The highest BCUT2D eigenvalue weighted by Crippen LogP contribution is 2.37. The maximum absolute atomic E-state index is 4.49. The molecule has 0 unspecified atom stereocenters. The van der Waals surface area contributed by atoms with Crippen LogP contribution in [0.3, 0.4) is 0 Å². The summed E-state index contributed by atoms with van der Waals surface area (Å²) < 4.78 is 0. The van der Waals surface area contributed by atoms with Crippen LogP contribution in [0.25, 0.3) is 10.8 Å². The molecule has 1 aromatic carbocycles. The van der Waals surface area contributed by atoms with E-state index in [1.807, 2.05) is 6.20 Å². The molecule has 1 N–H and O–H groups in total. The van der Waals surface area contributed by atoms with Gasteiger partial charge in [0.1, 0.15) is 5.82 Å². The minimum atomic E-state index is 0.457. The number of hydrogen-bond acceptors (Lipinski definition) is 2. The minimum absolute atomic E-state index is 0.457. The molecule has 2 aromatic rings. The summed E-state index contributed by atoms with van der Waals surface area (Å²) in [6, 6.07) is 10.5. The van der Waals surface area contributed by atoms with E-state index in [0.29, 0.717) is 5.41 Å². The summed E-state index contributed by atoms with van der Waals surface area (Å²) >= 11 is 0. The molecule has 0 bridgehead atoms. The first-order chi connectivity index (χ1) is 8.77. The topological polar surface area (TPSA) is 24.9 Å². The molecule has 1 saturated carbocycles. The number of anilines is 1. The van der Waals surface area contributed by atoms with Crippen molar-refractivity contribution in [3.05, 3.63) is 36.5 Å². The van der Waals surface area contributed by atoms with E-state index in [2.05, 4.69) is 47.6 Å². The number of rotatable bonds is 3. The molecule has 1 aliphatic rings. The quantitative estimate of drug-likeness (QED) is 0.868. The van der Waals surface area contributed by atoms with Gasteiger partial charge in [0.25, 0.3) is 0 Å². The van der Waals surface area contributed by atoms with Crippen LogP contribution in [0, 0.1) is 5.41 Å². The fourth-order valence-electron chi connectivity index (χ4n) is 2.96. The van der Waals surface area contributed by atoms with Crippen LogP contribution in [-0.2, 0) is 0 Å². The molecule has 0 radical (unpaired) electrons. The molecule has 18 heavy (non-hydrogen) atoms. The predicted molar refractivity (Wildman–Crippen MR) is 76.8 cm³/mol. The molecule has 0 spiro atoms. The van der Waals surface area contributed by atoms with E-state index in [0.717, 1.165) is 12.4 Å². The van der Waals surface area contributed by atoms with Gasteiger partial charge in [0, 0.05) is 18.1 Å². The third-order valence-corrected chi connectivity index (χ3v) is 4.17. The van der Waals surface area contributed by atoms with Crippen molar-refractivity contribution in [2.75, 3.05) is 11.9 Å². The lowest BCUT2D eigenvalue weighted by atomic mass is 9.89. The van der Waals surface area contributed by atoms with Gasteiger partial charge in [-0.25, -0.2) is 4.98 Å². The fourth-order valence-corrected chi connectivity index (χ4v) is 2.96. The van der Waals surface area contributed by atoms with E-state index < -0.39 is 0 Å².